The molecule has 0 aliphatic heterocycles. The highest BCUT2D eigenvalue weighted by Crippen LogP contribution is 2.38. The Bertz CT molecular complexity index is 880. The van der Waals surface area contributed by atoms with E-state index in [4.69, 9.17) is 34.8 Å². The first-order valence-electron chi connectivity index (χ1n) is 7.00. The van der Waals surface area contributed by atoms with Crippen LogP contribution in [-0.2, 0) is 0 Å². The summed E-state index contributed by atoms with van der Waals surface area (Å²) in [6.45, 7) is 1.76. The van der Waals surface area contributed by atoms with Crippen molar-refractivity contribution in [3.63, 3.8) is 0 Å². The zero-order chi connectivity index (χ0) is 17.4. The molecule has 1 unspecified atom stereocenters. The Hall–Kier alpha value is -1.95. The smallest absolute Gasteiger partial charge is 0.257 e. The summed E-state index contributed by atoms with van der Waals surface area (Å²) in [5.74, 6) is -0.441. The maximum Gasteiger partial charge on any atom is 0.257 e. The molecule has 3 rings (SSSR count). The van der Waals surface area contributed by atoms with Gasteiger partial charge in [-0.2, -0.15) is 0 Å². The lowest BCUT2D eigenvalue weighted by atomic mass is 10.1. The maximum absolute atomic E-state index is 12.5. The standard InChI is InChI=1S/C16H12Cl3N3O2/c1-7(15-21-10-4-2-3-5-11(10)22-15)20-16(24)12-13(19)8(17)6-9(18)14(12)23/h2-7,23H,1H3,(H,20,24)(H,21,22). The van der Waals surface area contributed by atoms with Crippen LogP contribution >= 0.6 is 34.8 Å². The second-order valence-corrected chi connectivity index (χ2v) is 6.40. The van der Waals surface area contributed by atoms with E-state index in [0.29, 0.717) is 5.82 Å². The summed E-state index contributed by atoms with van der Waals surface area (Å²) in [6, 6.07) is 8.35. The number of halogens is 3. The molecule has 0 aliphatic rings. The molecular weight excluding hydrogens is 373 g/mol. The highest BCUT2D eigenvalue weighted by molar-refractivity contribution is 6.45. The highest BCUT2D eigenvalue weighted by atomic mass is 35.5. The van der Waals surface area contributed by atoms with E-state index >= 15 is 0 Å². The lowest BCUT2D eigenvalue weighted by molar-refractivity contribution is 0.0936. The van der Waals surface area contributed by atoms with E-state index in [1.165, 1.54) is 6.07 Å². The number of carbonyl (C=O) groups is 1. The molecule has 5 nitrogen and oxygen atoms in total. The third kappa shape index (κ3) is 3.02. The van der Waals surface area contributed by atoms with Gasteiger partial charge < -0.3 is 15.4 Å². The van der Waals surface area contributed by atoms with Crippen LogP contribution in [0.5, 0.6) is 5.75 Å². The molecule has 2 aromatic carbocycles. The number of phenols is 1. The third-order valence-corrected chi connectivity index (χ3v) is 4.61. The second-order valence-electron chi connectivity index (χ2n) is 5.21. The molecule has 3 aromatic rings. The number of hydrogen-bond acceptors (Lipinski definition) is 3. The monoisotopic (exact) mass is 383 g/mol. The van der Waals surface area contributed by atoms with Gasteiger partial charge in [-0.3, -0.25) is 4.79 Å². The molecule has 8 heteroatoms. The summed E-state index contributed by atoms with van der Waals surface area (Å²) >= 11 is 17.8. The lowest BCUT2D eigenvalue weighted by Gasteiger charge is -2.14. The number of rotatable bonds is 3. The number of nitrogens with one attached hydrogen (secondary N) is 2. The first kappa shape index (κ1) is 16.9. The van der Waals surface area contributed by atoms with Crippen LogP contribution in [0, 0.1) is 0 Å². The van der Waals surface area contributed by atoms with Gasteiger partial charge in [0.05, 0.1) is 32.1 Å². The summed E-state index contributed by atoms with van der Waals surface area (Å²) in [5.41, 5.74) is 1.48. The molecule has 0 bridgehead atoms. The van der Waals surface area contributed by atoms with Gasteiger partial charge in [-0.1, -0.05) is 46.9 Å². The summed E-state index contributed by atoms with van der Waals surface area (Å²) in [5, 5.41) is 12.7. The fourth-order valence-electron chi connectivity index (χ4n) is 2.31. The predicted octanol–water partition coefficient (Wildman–Crippen LogP) is 4.72. The molecule has 3 N–H and O–H groups in total. The number of carbonyl (C=O) groups excluding carboxylic acids is 1. The molecule has 0 aliphatic carbocycles. The lowest BCUT2D eigenvalue weighted by Crippen LogP contribution is -2.27. The largest absolute Gasteiger partial charge is 0.505 e. The van der Waals surface area contributed by atoms with Crippen LogP contribution in [0.15, 0.2) is 30.3 Å². The number of nitrogens with zero attached hydrogens (tertiary/aromatic N) is 1. The number of fused-ring (bicyclic) bond motifs is 1. The minimum absolute atomic E-state index is 0.0501. The number of benzene rings is 2. The predicted molar refractivity (Wildman–Crippen MR) is 95.1 cm³/mol. The fraction of sp³-hybridized carbons (Fsp3) is 0.125. The Labute approximate surface area is 152 Å². The van der Waals surface area contributed by atoms with Gasteiger partial charge in [0.1, 0.15) is 17.1 Å². The van der Waals surface area contributed by atoms with Crippen molar-refractivity contribution in [2.75, 3.05) is 0 Å². The molecule has 0 radical (unpaired) electrons. The van der Waals surface area contributed by atoms with Gasteiger partial charge in [0.15, 0.2) is 0 Å². The molecule has 124 valence electrons. The van der Waals surface area contributed by atoms with E-state index < -0.39 is 17.7 Å². The number of aromatic amines is 1. The first-order valence-corrected chi connectivity index (χ1v) is 8.14. The average Bonchev–Trinajstić information content (AvgIpc) is 2.97. The van der Waals surface area contributed by atoms with Crippen molar-refractivity contribution in [3.05, 3.63) is 56.8 Å². The molecule has 0 spiro atoms. The number of aromatic hydroxyl groups is 1. The Morgan fingerprint density at radius 2 is 1.96 bits per heavy atom. The van der Waals surface area contributed by atoms with Crippen molar-refractivity contribution in [2.24, 2.45) is 0 Å². The van der Waals surface area contributed by atoms with Gasteiger partial charge in [-0.05, 0) is 25.1 Å². The molecule has 1 aromatic heterocycles. The number of phenolic OH excluding ortho intramolecular Hbond substituents is 1. The van der Waals surface area contributed by atoms with Gasteiger partial charge in [-0.25, -0.2) is 4.98 Å². The topological polar surface area (TPSA) is 78.0 Å². The van der Waals surface area contributed by atoms with E-state index in [0.717, 1.165) is 11.0 Å². The normalized spacial score (nSPS) is 12.3. The third-order valence-electron chi connectivity index (χ3n) is 3.54. The van der Waals surface area contributed by atoms with Crippen molar-refractivity contribution in [3.8, 4) is 5.75 Å². The quantitative estimate of drug-likeness (QED) is 0.572. The van der Waals surface area contributed by atoms with Gasteiger partial charge >= 0.3 is 0 Å². The van der Waals surface area contributed by atoms with Crippen LogP contribution in [0.3, 0.4) is 0 Å². The van der Waals surface area contributed by atoms with Gasteiger partial charge in [0, 0.05) is 0 Å². The highest BCUT2D eigenvalue weighted by Gasteiger charge is 2.23. The van der Waals surface area contributed by atoms with Crippen LogP contribution in [0.2, 0.25) is 15.1 Å². The van der Waals surface area contributed by atoms with E-state index in [9.17, 15) is 9.90 Å². The van der Waals surface area contributed by atoms with Crippen LogP contribution in [-0.4, -0.2) is 21.0 Å². The SMILES string of the molecule is CC(NC(=O)c1c(O)c(Cl)cc(Cl)c1Cl)c1nc2ccccc2[nH]1. The molecule has 0 fully saturated rings. The number of imidazole rings is 1. The van der Waals surface area contributed by atoms with Crippen LogP contribution in [0.4, 0.5) is 0 Å². The van der Waals surface area contributed by atoms with Crippen molar-refractivity contribution in [1.29, 1.82) is 0 Å². The van der Waals surface area contributed by atoms with Crippen LogP contribution < -0.4 is 5.32 Å². The van der Waals surface area contributed by atoms with E-state index in [1.54, 1.807) is 6.92 Å². The second kappa shape index (κ2) is 6.51. The minimum atomic E-state index is -0.602. The Balaban J connectivity index is 1.89. The van der Waals surface area contributed by atoms with E-state index in [1.807, 2.05) is 24.3 Å². The first-order chi connectivity index (χ1) is 11.4. The van der Waals surface area contributed by atoms with Gasteiger partial charge in [0.2, 0.25) is 0 Å². The molecule has 0 saturated carbocycles. The summed E-state index contributed by atoms with van der Waals surface area (Å²) < 4.78 is 0. The summed E-state index contributed by atoms with van der Waals surface area (Å²) in [6.07, 6.45) is 0. The Morgan fingerprint density at radius 1 is 1.25 bits per heavy atom. The van der Waals surface area contributed by atoms with E-state index in [2.05, 4.69) is 15.3 Å². The van der Waals surface area contributed by atoms with Crippen molar-refractivity contribution < 1.29 is 9.90 Å². The van der Waals surface area contributed by atoms with Crippen molar-refractivity contribution in [2.45, 2.75) is 13.0 Å². The molecule has 0 saturated heterocycles. The average molecular weight is 385 g/mol. The molecular formula is C16H12Cl3N3O2. The number of hydrogen-bond donors (Lipinski definition) is 3. The number of aromatic nitrogens is 2. The van der Waals surface area contributed by atoms with Crippen molar-refractivity contribution >= 4 is 51.7 Å². The van der Waals surface area contributed by atoms with E-state index in [-0.39, 0.29) is 20.6 Å². The number of amides is 1. The Morgan fingerprint density at radius 3 is 2.67 bits per heavy atom. The Kier molecular flexibility index (Phi) is 4.58. The fourth-order valence-corrected chi connectivity index (χ4v) is 3.00. The molecule has 1 heterocycles. The van der Waals surface area contributed by atoms with Gasteiger partial charge in [-0.15, -0.1) is 0 Å². The minimum Gasteiger partial charge on any atom is -0.505 e. The zero-order valence-electron chi connectivity index (χ0n) is 12.4. The molecule has 24 heavy (non-hydrogen) atoms. The maximum atomic E-state index is 12.5. The van der Waals surface area contributed by atoms with Crippen LogP contribution in [0.1, 0.15) is 29.1 Å². The van der Waals surface area contributed by atoms with Crippen LogP contribution in [0.25, 0.3) is 11.0 Å². The molecule has 1 amide bonds. The summed E-state index contributed by atoms with van der Waals surface area (Å²) in [7, 11) is 0. The number of H-pyrrole nitrogens is 1. The zero-order valence-corrected chi connectivity index (χ0v) is 14.7. The molecule has 1 atom stereocenters. The number of para-hydroxylation sites is 2. The van der Waals surface area contributed by atoms with Crippen molar-refractivity contribution in [1.82, 2.24) is 15.3 Å². The summed E-state index contributed by atoms with van der Waals surface area (Å²) in [4.78, 5) is 20.0. The van der Waals surface area contributed by atoms with Gasteiger partial charge in [0.25, 0.3) is 5.91 Å².